The summed E-state index contributed by atoms with van der Waals surface area (Å²) in [5.41, 5.74) is 4.49. The van der Waals surface area contributed by atoms with Crippen molar-refractivity contribution in [3.8, 4) is 0 Å². The molecule has 4 nitrogen and oxygen atoms in total. The summed E-state index contributed by atoms with van der Waals surface area (Å²) in [5.74, 6) is 0. The van der Waals surface area contributed by atoms with Crippen LogP contribution in [0.2, 0.25) is 0 Å². The van der Waals surface area contributed by atoms with Crippen LogP contribution in [0.1, 0.15) is 0 Å². The third-order valence-electron chi connectivity index (χ3n) is 0.327. The van der Waals surface area contributed by atoms with Crippen molar-refractivity contribution in [2.45, 2.75) is 0 Å². The Labute approximate surface area is 42.2 Å². The van der Waals surface area contributed by atoms with E-state index in [9.17, 15) is 13.0 Å². The van der Waals surface area contributed by atoms with E-state index in [1.54, 1.807) is 0 Å². The average Bonchev–Trinajstić information content (AvgIpc) is 1.31. The van der Waals surface area contributed by atoms with Gasteiger partial charge in [-0.1, -0.05) is 0 Å². The van der Waals surface area contributed by atoms with Gasteiger partial charge in [-0.2, -0.15) is 8.42 Å². The molecule has 1 atom stereocenters. The molecule has 0 aromatic rings. The minimum absolute atomic E-state index is 0.825. The van der Waals surface area contributed by atoms with Crippen molar-refractivity contribution in [3.05, 3.63) is 0 Å². The average molecular weight is 142 g/mol. The lowest BCUT2D eigenvalue weighted by atomic mass is 12.0. The lowest BCUT2D eigenvalue weighted by Crippen LogP contribution is -1.92. The topological polar surface area (TPSA) is 77.2 Å². The van der Waals surface area contributed by atoms with Crippen LogP contribution in [0.4, 0.5) is 0 Å². The molecule has 0 aromatic heterocycles. The molecule has 0 rings (SSSR count). The molecule has 0 saturated carbocycles. The summed E-state index contributed by atoms with van der Waals surface area (Å²) in [7, 11) is -5.97. The summed E-state index contributed by atoms with van der Waals surface area (Å²) >= 11 is 0. The standard InChI is InChI=1S/CH5NO3PS/c1-7(4,5)6(2)3/h1H3,(H2,2,3)/q+1. The van der Waals surface area contributed by atoms with E-state index in [0.717, 1.165) is 6.26 Å². The second kappa shape index (κ2) is 1.86. The van der Waals surface area contributed by atoms with Crippen molar-refractivity contribution < 1.29 is 13.0 Å². The minimum Gasteiger partial charge on any atom is -0.177 e. The molecule has 6 heteroatoms. The molecule has 0 amide bonds. The van der Waals surface area contributed by atoms with Crippen LogP contribution in [0.15, 0.2) is 0 Å². The predicted molar refractivity (Wildman–Crippen MR) is 26.6 cm³/mol. The predicted octanol–water partition coefficient (Wildman–Crippen LogP) is -0.353. The van der Waals surface area contributed by atoms with Gasteiger partial charge in [-0.3, -0.25) is 0 Å². The Hall–Kier alpha value is 0.01000. The van der Waals surface area contributed by atoms with Crippen LogP contribution >= 0.6 is 7.15 Å². The van der Waals surface area contributed by atoms with Gasteiger partial charge in [0, 0.05) is 0 Å². The third kappa shape index (κ3) is 2.68. The highest BCUT2D eigenvalue weighted by atomic mass is 32.8. The molecule has 0 heterocycles. The van der Waals surface area contributed by atoms with Crippen LogP contribution in [0.25, 0.3) is 0 Å². The number of rotatable bonds is 1. The van der Waals surface area contributed by atoms with Crippen molar-refractivity contribution in [3.63, 3.8) is 0 Å². The van der Waals surface area contributed by atoms with E-state index in [-0.39, 0.29) is 0 Å². The normalized spacial score (nSPS) is 13.7. The van der Waals surface area contributed by atoms with Crippen molar-refractivity contribution in [2.75, 3.05) is 6.26 Å². The fourth-order valence-electron chi connectivity index (χ4n) is 0. The summed E-state index contributed by atoms with van der Waals surface area (Å²) < 4.78 is 29.6. The quantitative estimate of drug-likeness (QED) is 0.507. The maximum atomic E-state index is 9.92. The Morgan fingerprint density at radius 3 is 1.71 bits per heavy atom. The second-order valence-corrected chi connectivity index (χ2v) is 6.12. The van der Waals surface area contributed by atoms with Gasteiger partial charge in [0.2, 0.25) is 0 Å². The van der Waals surface area contributed by atoms with E-state index in [1.807, 2.05) is 0 Å². The molecule has 0 aliphatic carbocycles. The molecule has 0 fully saturated rings. The highest BCUT2D eigenvalue weighted by Gasteiger charge is 2.23. The van der Waals surface area contributed by atoms with E-state index in [0.29, 0.717) is 0 Å². The Kier molecular flexibility index (Phi) is 1.86. The first-order chi connectivity index (χ1) is 2.94. The Balaban J connectivity index is 4.43. The van der Waals surface area contributed by atoms with Gasteiger partial charge in [0.25, 0.3) is 0 Å². The molecule has 7 heavy (non-hydrogen) atoms. The van der Waals surface area contributed by atoms with Crippen molar-refractivity contribution >= 4 is 16.6 Å². The molecule has 0 bridgehead atoms. The van der Waals surface area contributed by atoms with Crippen LogP contribution in [-0.2, 0) is 14.0 Å². The van der Waals surface area contributed by atoms with Crippen LogP contribution in [0.5, 0.6) is 0 Å². The first-order valence-electron chi connectivity index (χ1n) is 1.36. The van der Waals surface area contributed by atoms with E-state index < -0.39 is 16.6 Å². The monoisotopic (exact) mass is 142 g/mol. The van der Waals surface area contributed by atoms with Crippen LogP contribution in [0.3, 0.4) is 0 Å². The van der Waals surface area contributed by atoms with Crippen molar-refractivity contribution in [1.29, 1.82) is 0 Å². The maximum absolute atomic E-state index is 9.92. The molecule has 0 radical (unpaired) electrons. The summed E-state index contributed by atoms with van der Waals surface area (Å²) in [5, 5.41) is 0. The molecule has 0 aromatic carbocycles. The van der Waals surface area contributed by atoms with Gasteiger partial charge in [0.1, 0.15) is 0 Å². The van der Waals surface area contributed by atoms with Crippen LogP contribution < -0.4 is 5.50 Å². The zero-order chi connectivity index (χ0) is 6.08. The zero-order valence-electron chi connectivity index (χ0n) is 3.66. The number of hydrogen-bond donors (Lipinski definition) is 1. The Morgan fingerprint density at radius 2 is 1.71 bits per heavy atom. The third-order valence-corrected chi connectivity index (χ3v) is 2.94. The Bertz CT molecular complexity index is 169. The number of nitrogens with two attached hydrogens (primary N) is 1. The van der Waals surface area contributed by atoms with Crippen molar-refractivity contribution in [1.82, 2.24) is 0 Å². The first-order valence-corrected chi connectivity index (χ1v) is 5.19. The largest absolute Gasteiger partial charge is 0.558 e. The zero-order valence-corrected chi connectivity index (χ0v) is 5.37. The lowest BCUT2D eigenvalue weighted by Gasteiger charge is -1.66. The molecule has 0 aliphatic heterocycles. The van der Waals surface area contributed by atoms with Gasteiger partial charge < -0.3 is 0 Å². The smallest absolute Gasteiger partial charge is 0.177 e. The molecule has 2 N–H and O–H groups in total. The molecule has 0 aliphatic rings. The van der Waals surface area contributed by atoms with Gasteiger partial charge in [-0.05, 0) is 4.57 Å². The van der Waals surface area contributed by atoms with E-state index in [1.165, 1.54) is 0 Å². The van der Waals surface area contributed by atoms with Crippen LogP contribution in [0, 0.1) is 0 Å². The number of hydrogen-bond acceptors (Lipinski definition) is 3. The molecule has 0 spiro atoms. The van der Waals surface area contributed by atoms with Gasteiger partial charge in [0.15, 0.2) is 0 Å². The van der Waals surface area contributed by atoms with Gasteiger partial charge in [-0.15, -0.1) is 5.50 Å². The molecule has 0 saturated heterocycles. The fourth-order valence-corrected chi connectivity index (χ4v) is 0. The second-order valence-electron chi connectivity index (χ2n) is 1.02. The summed E-state index contributed by atoms with van der Waals surface area (Å²) in [6.07, 6.45) is 0.825. The van der Waals surface area contributed by atoms with E-state index >= 15 is 0 Å². The summed E-state index contributed by atoms with van der Waals surface area (Å²) in [6, 6.07) is 0. The van der Waals surface area contributed by atoms with E-state index in [2.05, 4.69) is 5.50 Å². The fraction of sp³-hybridized carbons (Fsp3) is 1.00. The molecule has 1 unspecified atom stereocenters. The van der Waals surface area contributed by atoms with Gasteiger partial charge in [0.05, 0.1) is 6.26 Å². The highest BCUT2D eigenvalue weighted by Crippen LogP contribution is 2.15. The summed E-state index contributed by atoms with van der Waals surface area (Å²) in [6.45, 7) is 0. The molecular weight excluding hydrogens is 137 g/mol. The minimum atomic E-state index is -3.45. The Morgan fingerprint density at radius 1 is 1.57 bits per heavy atom. The lowest BCUT2D eigenvalue weighted by molar-refractivity contribution is 0.583. The van der Waals surface area contributed by atoms with Crippen LogP contribution in [-0.4, -0.2) is 14.7 Å². The molecule has 42 valence electrons. The van der Waals surface area contributed by atoms with E-state index in [4.69, 9.17) is 0 Å². The van der Waals surface area contributed by atoms with Crippen molar-refractivity contribution in [2.24, 2.45) is 5.50 Å². The SMILES string of the molecule is CS(=O)(=O)[P+](N)=O. The maximum Gasteiger partial charge on any atom is 0.558 e. The first kappa shape index (κ1) is 7.01. The van der Waals surface area contributed by atoms with Gasteiger partial charge in [-0.25, -0.2) is 0 Å². The van der Waals surface area contributed by atoms with Gasteiger partial charge >= 0.3 is 16.6 Å². The summed E-state index contributed by atoms with van der Waals surface area (Å²) in [4.78, 5) is 0. The highest BCUT2D eigenvalue weighted by molar-refractivity contribution is 8.44. The molecular formula is CH5NO3PS+.